The highest BCUT2D eigenvalue weighted by atomic mass is 127. The minimum atomic E-state index is -0.413. The highest BCUT2D eigenvalue weighted by Gasteiger charge is 2.08. The quantitative estimate of drug-likeness (QED) is 0.586. The molecule has 0 saturated heterocycles. The molecule has 1 aromatic carbocycles. The maximum absolute atomic E-state index is 11.6. The molecular weight excluding hydrogens is 369 g/mol. The van der Waals surface area contributed by atoms with E-state index in [0.29, 0.717) is 24.6 Å². The molecule has 1 aromatic heterocycles. The van der Waals surface area contributed by atoms with Gasteiger partial charge in [0.15, 0.2) is 0 Å². The van der Waals surface area contributed by atoms with E-state index in [4.69, 9.17) is 9.47 Å². The fraction of sp³-hybridized carbons (Fsp3) is 0.200. The molecule has 0 N–H and O–H groups in total. The molecule has 0 radical (unpaired) electrons. The number of aromatic nitrogens is 1. The van der Waals surface area contributed by atoms with Crippen molar-refractivity contribution in [2.75, 3.05) is 6.61 Å². The van der Waals surface area contributed by atoms with E-state index >= 15 is 0 Å². The molecule has 0 fully saturated rings. The summed E-state index contributed by atoms with van der Waals surface area (Å²) in [5, 5.41) is 0. The normalized spacial score (nSPS) is 10.1. The summed E-state index contributed by atoms with van der Waals surface area (Å²) in [6.07, 6.45) is 0. The van der Waals surface area contributed by atoms with E-state index in [-0.39, 0.29) is 0 Å². The molecule has 4 nitrogen and oxygen atoms in total. The van der Waals surface area contributed by atoms with Gasteiger partial charge in [0, 0.05) is 3.57 Å². The number of esters is 1. The second-order valence-corrected chi connectivity index (χ2v) is 5.22. The van der Waals surface area contributed by atoms with Crippen LogP contribution >= 0.6 is 22.6 Å². The molecule has 0 aliphatic heterocycles. The fourth-order valence-corrected chi connectivity index (χ4v) is 1.93. The number of hydrogen-bond acceptors (Lipinski definition) is 4. The fourth-order valence-electron chi connectivity index (χ4n) is 1.57. The van der Waals surface area contributed by atoms with E-state index in [1.165, 1.54) is 0 Å². The van der Waals surface area contributed by atoms with Crippen LogP contribution in [0, 0.1) is 3.57 Å². The van der Waals surface area contributed by atoms with Gasteiger partial charge in [-0.2, -0.15) is 0 Å². The van der Waals surface area contributed by atoms with Crippen LogP contribution < -0.4 is 4.74 Å². The van der Waals surface area contributed by atoms with Gasteiger partial charge >= 0.3 is 5.97 Å². The summed E-state index contributed by atoms with van der Waals surface area (Å²) in [4.78, 5) is 15.8. The number of carbonyl (C=O) groups is 1. The van der Waals surface area contributed by atoms with E-state index < -0.39 is 5.97 Å². The summed E-state index contributed by atoms with van der Waals surface area (Å²) in [5.41, 5.74) is 0.990. The summed E-state index contributed by atoms with van der Waals surface area (Å²) in [5.74, 6) is 0.359. The Labute approximate surface area is 131 Å². The standard InChI is InChI=1S/C15H14INO3/c1-2-19-15(18)14-5-3-4-12(17-14)10-20-13-8-6-11(16)7-9-13/h3-9H,2,10H2,1H3. The molecule has 1 heterocycles. The van der Waals surface area contributed by atoms with Crippen molar-refractivity contribution in [3.05, 3.63) is 57.4 Å². The third-order valence-electron chi connectivity index (χ3n) is 2.49. The maximum Gasteiger partial charge on any atom is 0.356 e. The minimum absolute atomic E-state index is 0.301. The zero-order valence-corrected chi connectivity index (χ0v) is 13.2. The van der Waals surface area contributed by atoms with Gasteiger partial charge in [-0.1, -0.05) is 6.07 Å². The van der Waals surface area contributed by atoms with E-state index in [1.807, 2.05) is 30.3 Å². The van der Waals surface area contributed by atoms with Crippen LogP contribution in [0.4, 0.5) is 0 Å². The Morgan fingerprint density at radius 1 is 1.20 bits per heavy atom. The van der Waals surface area contributed by atoms with Crippen LogP contribution in [-0.4, -0.2) is 17.6 Å². The number of nitrogens with zero attached hydrogens (tertiary/aromatic N) is 1. The van der Waals surface area contributed by atoms with Gasteiger partial charge in [-0.05, 0) is 65.9 Å². The van der Waals surface area contributed by atoms with Gasteiger partial charge in [0.05, 0.1) is 12.3 Å². The zero-order chi connectivity index (χ0) is 14.4. The molecule has 0 aliphatic carbocycles. The van der Waals surface area contributed by atoms with Crippen molar-refractivity contribution in [3.8, 4) is 5.75 Å². The zero-order valence-electron chi connectivity index (χ0n) is 11.0. The number of ether oxygens (including phenoxy) is 2. The number of hydrogen-bond donors (Lipinski definition) is 0. The van der Waals surface area contributed by atoms with Crippen molar-refractivity contribution < 1.29 is 14.3 Å². The van der Waals surface area contributed by atoms with Gasteiger partial charge < -0.3 is 9.47 Å². The van der Waals surface area contributed by atoms with Crippen LogP contribution in [0.1, 0.15) is 23.1 Å². The Hall–Kier alpha value is -1.63. The third kappa shape index (κ3) is 4.19. The highest BCUT2D eigenvalue weighted by molar-refractivity contribution is 14.1. The van der Waals surface area contributed by atoms with E-state index in [9.17, 15) is 4.79 Å². The second-order valence-electron chi connectivity index (χ2n) is 3.98. The van der Waals surface area contributed by atoms with Crippen LogP contribution in [0.5, 0.6) is 5.75 Å². The highest BCUT2D eigenvalue weighted by Crippen LogP contribution is 2.15. The smallest absolute Gasteiger partial charge is 0.356 e. The molecule has 0 atom stereocenters. The molecule has 0 saturated carbocycles. The van der Waals surface area contributed by atoms with Crippen molar-refractivity contribution in [3.63, 3.8) is 0 Å². The minimum Gasteiger partial charge on any atom is -0.487 e. The predicted molar refractivity (Wildman–Crippen MR) is 83.7 cm³/mol. The average Bonchev–Trinajstić information content (AvgIpc) is 2.47. The van der Waals surface area contributed by atoms with E-state index in [2.05, 4.69) is 27.6 Å². The van der Waals surface area contributed by atoms with Gasteiger partial charge in [-0.3, -0.25) is 0 Å². The Balaban J connectivity index is 2.01. The number of benzene rings is 1. The molecule has 0 bridgehead atoms. The lowest BCUT2D eigenvalue weighted by atomic mass is 10.3. The third-order valence-corrected chi connectivity index (χ3v) is 3.21. The number of carbonyl (C=O) groups excluding carboxylic acids is 1. The van der Waals surface area contributed by atoms with Crippen molar-refractivity contribution in [2.45, 2.75) is 13.5 Å². The molecule has 2 rings (SSSR count). The van der Waals surface area contributed by atoms with Gasteiger partial charge in [0.2, 0.25) is 0 Å². The first kappa shape index (κ1) is 14.8. The lowest BCUT2D eigenvalue weighted by Crippen LogP contribution is -2.09. The molecule has 0 spiro atoms. The molecule has 2 aromatic rings. The first-order chi connectivity index (χ1) is 9.69. The second kappa shape index (κ2) is 7.23. The summed E-state index contributed by atoms with van der Waals surface area (Å²) in [6, 6.07) is 13.0. The van der Waals surface area contributed by atoms with Gasteiger partial charge in [-0.25, -0.2) is 9.78 Å². The Bertz CT molecular complexity index is 584. The molecule has 0 unspecified atom stereocenters. The summed E-state index contributed by atoms with van der Waals surface area (Å²) < 4.78 is 11.7. The summed E-state index contributed by atoms with van der Waals surface area (Å²) in [6.45, 7) is 2.42. The van der Waals surface area contributed by atoms with Crippen LogP contribution in [0.2, 0.25) is 0 Å². The van der Waals surface area contributed by atoms with Crippen LogP contribution in [-0.2, 0) is 11.3 Å². The number of pyridine rings is 1. The molecule has 104 valence electrons. The Morgan fingerprint density at radius 3 is 2.65 bits per heavy atom. The Kier molecular flexibility index (Phi) is 5.34. The SMILES string of the molecule is CCOC(=O)c1cccc(COc2ccc(I)cc2)n1. The molecule has 20 heavy (non-hydrogen) atoms. The van der Waals surface area contributed by atoms with E-state index in [0.717, 1.165) is 9.32 Å². The van der Waals surface area contributed by atoms with E-state index in [1.54, 1.807) is 19.1 Å². The number of halogens is 1. The van der Waals surface area contributed by atoms with Gasteiger partial charge in [0.25, 0.3) is 0 Å². The van der Waals surface area contributed by atoms with Crippen molar-refractivity contribution in [1.29, 1.82) is 0 Å². The molecular formula is C15H14INO3. The number of rotatable bonds is 5. The summed E-state index contributed by atoms with van der Waals surface area (Å²) in [7, 11) is 0. The predicted octanol–water partition coefficient (Wildman–Crippen LogP) is 3.44. The maximum atomic E-state index is 11.6. The largest absolute Gasteiger partial charge is 0.487 e. The van der Waals surface area contributed by atoms with Crippen molar-refractivity contribution >= 4 is 28.6 Å². The molecule has 5 heteroatoms. The van der Waals surface area contributed by atoms with Crippen molar-refractivity contribution in [2.24, 2.45) is 0 Å². The van der Waals surface area contributed by atoms with Gasteiger partial charge in [0.1, 0.15) is 18.1 Å². The Morgan fingerprint density at radius 2 is 1.95 bits per heavy atom. The topological polar surface area (TPSA) is 48.4 Å². The van der Waals surface area contributed by atoms with Crippen LogP contribution in [0.25, 0.3) is 0 Å². The monoisotopic (exact) mass is 383 g/mol. The lowest BCUT2D eigenvalue weighted by Gasteiger charge is -2.07. The first-order valence-electron chi connectivity index (χ1n) is 6.20. The molecule has 0 amide bonds. The molecule has 0 aliphatic rings. The van der Waals surface area contributed by atoms with Crippen molar-refractivity contribution in [1.82, 2.24) is 4.98 Å². The first-order valence-corrected chi connectivity index (χ1v) is 7.28. The van der Waals surface area contributed by atoms with Crippen LogP contribution in [0.3, 0.4) is 0 Å². The average molecular weight is 383 g/mol. The lowest BCUT2D eigenvalue weighted by molar-refractivity contribution is 0.0519. The van der Waals surface area contributed by atoms with Gasteiger partial charge in [-0.15, -0.1) is 0 Å². The summed E-state index contributed by atoms with van der Waals surface area (Å²) >= 11 is 2.24. The van der Waals surface area contributed by atoms with Crippen LogP contribution in [0.15, 0.2) is 42.5 Å².